The van der Waals surface area contributed by atoms with E-state index in [-0.39, 0.29) is 30.8 Å². The van der Waals surface area contributed by atoms with Gasteiger partial charge in [0.05, 0.1) is 0 Å². The SMILES string of the molecule is C[C@H](CN)NC(=O)CC(N)=O.Cl. The van der Waals surface area contributed by atoms with Gasteiger partial charge in [-0.05, 0) is 6.92 Å². The molecule has 0 saturated carbocycles. The van der Waals surface area contributed by atoms with Crippen LogP contribution in [0.15, 0.2) is 0 Å². The number of primary amides is 1. The van der Waals surface area contributed by atoms with Crippen LogP contribution >= 0.6 is 12.4 Å². The fourth-order valence-electron chi connectivity index (χ4n) is 0.543. The maximum absolute atomic E-state index is 10.8. The van der Waals surface area contributed by atoms with Crippen LogP contribution in [0.25, 0.3) is 0 Å². The van der Waals surface area contributed by atoms with Crippen molar-refractivity contribution in [2.75, 3.05) is 6.54 Å². The zero-order valence-corrected chi connectivity index (χ0v) is 7.69. The molecule has 5 N–H and O–H groups in total. The van der Waals surface area contributed by atoms with Crippen molar-refractivity contribution in [3.8, 4) is 0 Å². The second kappa shape index (κ2) is 6.87. The lowest BCUT2D eigenvalue weighted by Crippen LogP contribution is -2.39. The van der Waals surface area contributed by atoms with Gasteiger partial charge < -0.3 is 16.8 Å². The third-order valence-corrected chi connectivity index (χ3v) is 1.10. The first-order chi connectivity index (χ1) is 5.06. The van der Waals surface area contributed by atoms with Gasteiger partial charge in [-0.25, -0.2) is 0 Å². The van der Waals surface area contributed by atoms with Crippen molar-refractivity contribution in [1.29, 1.82) is 0 Å². The highest BCUT2D eigenvalue weighted by molar-refractivity contribution is 5.96. The average Bonchev–Trinajstić information content (AvgIpc) is 1.85. The summed E-state index contributed by atoms with van der Waals surface area (Å²) in [5.74, 6) is -1.01. The van der Waals surface area contributed by atoms with Crippen molar-refractivity contribution in [2.24, 2.45) is 11.5 Å². The van der Waals surface area contributed by atoms with Gasteiger partial charge in [0, 0.05) is 12.6 Å². The number of carbonyl (C=O) groups is 2. The molecule has 0 fully saturated rings. The summed E-state index contributed by atoms with van der Waals surface area (Å²) in [4.78, 5) is 21.0. The minimum Gasteiger partial charge on any atom is -0.369 e. The van der Waals surface area contributed by atoms with Crippen LogP contribution in [0.3, 0.4) is 0 Å². The number of hydrogen-bond donors (Lipinski definition) is 3. The van der Waals surface area contributed by atoms with E-state index in [4.69, 9.17) is 11.5 Å². The number of carbonyl (C=O) groups excluding carboxylic acids is 2. The molecule has 6 heteroatoms. The summed E-state index contributed by atoms with van der Waals surface area (Å²) in [7, 11) is 0. The molecule has 0 bridgehead atoms. The van der Waals surface area contributed by atoms with Crippen LogP contribution in [0.1, 0.15) is 13.3 Å². The van der Waals surface area contributed by atoms with Gasteiger partial charge in [-0.3, -0.25) is 9.59 Å². The van der Waals surface area contributed by atoms with E-state index in [0.29, 0.717) is 6.54 Å². The summed E-state index contributed by atoms with van der Waals surface area (Å²) in [5, 5.41) is 2.50. The zero-order valence-electron chi connectivity index (χ0n) is 6.87. The topological polar surface area (TPSA) is 98.2 Å². The van der Waals surface area contributed by atoms with Gasteiger partial charge in [0.2, 0.25) is 11.8 Å². The lowest BCUT2D eigenvalue weighted by Gasteiger charge is -2.09. The van der Waals surface area contributed by atoms with E-state index in [2.05, 4.69) is 5.32 Å². The van der Waals surface area contributed by atoms with Crippen molar-refractivity contribution >= 4 is 24.2 Å². The maximum atomic E-state index is 10.8. The zero-order chi connectivity index (χ0) is 8.85. The minimum atomic E-state index is -0.633. The molecule has 0 unspecified atom stereocenters. The van der Waals surface area contributed by atoms with Crippen LogP contribution in [-0.4, -0.2) is 24.4 Å². The summed E-state index contributed by atoms with van der Waals surface area (Å²) >= 11 is 0. The predicted octanol–water partition coefficient (Wildman–Crippen LogP) is -1.25. The molecule has 0 aromatic heterocycles. The molecule has 0 aliphatic rings. The number of rotatable bonds is 4. The van der Waals surface area contributed by atoms with Gasteiger partial charge in [-0.2, -0.15) is 0 Å². The third kappa shape index (κ3) is 7.30. The van der Waals surface area contributed by atoms with Crippen LogP contribution in [-0.2, 0) is 9.59 Å². The quantitative estimate of drug-likeness (QED) is 0.489. The largest absolute Gasteiger partial charge is 0.369 e. The van der Waals surface area contributed by atoms with E-state index in [0.717, 1.165) is 0 Å². The highest BCUT2D eigenvalue weighted by Gasteiger charge is 2.07. The summed E-state index contributed by atoms with van der Waals surface area (Å²) < 4.78 is 0. The summed E-state index contributed by atoms with van der Waals surface area (Å²) in [6, 6.07) is -0.109. The van der Waals surface area contributed by atoms with Gasteiger partial charge in [0.15, 0.2) is 0 Å². The Kier molecular flexibility index (Phi) is 7.88. The number of nitrogens with one attached hydrogen (secondary N) is 1. The highest BCUT2D eigenvalue weighted by Crippen LogP contribution is 1.81. The predicted molar refractivity (Wildman–Crippen MR) is 47.7 cm³/mol. The smallest absolute Gasteiger partial charge is 0.229 e. The molecular formula is C6H14ClN3O2. The molecule has 0 spiro atoms. The van der Waals surface area contributed by atoms with E-state index in [9.17, 15) is 9.59 Å². The highest BCUT2D eigenvalue weighted by atomic mass is 35.5. The lowest BCUT2D eigenvalue weighted by atomic mass is 10.3. The third-order valence-electron chi connectivity index (χ3n) is 1.10. The van der Waals surface area contributed by atoms with E-state index < -0.39 is 5.91 Å². The number of amides is 2. The standard InChI is InChI=1S/C6H13N3O2.ClH/c1-4(3-7)9-6(11)2-5(8)10;/h4H,2-3,7H2,1H3,(H2,8,10)(H,9,11);1H/t4-;/m1./s1. The summed E-state index contributed by atoms with van der Waals surface area (Å²) in [6.07, 6.45) is -0.273. The maximum Gasteiger partial charge on any atom is 0.229 e. The number of hydrogen-bond acceptors (Lipinski definition) is 3. The van der Waals surface area contributed by atoms with Gasteiger partial charge in [-0.1, -0.05) is 0 Å². The molecule has 72 valence electrons. The molecule has 0 aromatic carbocycles. The fraction of sp³-hybridized carbons (Fsp3) is 0.667. The Balaban J connectivity index is 0. The van der Waals surface area contributed by atoms with Crippen LogP contribution in [0.2, 0.25) is 0 Å². The Bertz CT molecular complexity index is 163. The lowest BCUT2D eigenvalue weighted by molar-refractivity contribution is -0.127. The minimum absolute atomic E-state index is 0. The average molecular weight is 196 g/mol. The first kappa shape index (κ1) is 13.8. The number of halogens is 1. The van der Waals surface area contributed by atoms with E-state index in [1.54, 1.807) is 6.92 Å². The van der Waals surface area contributed by atoms with Crippen molar-refractivity contribution in [3.05, 3.63) is 0 Å². The van der Waals surface area contributed by atoms with Crippen molar-refractivity contribution < 1.29 is 9.59 Å². The molecule has 5 nitrogen and oxygen atoms in total. The molecule has 1 atom stereocenters. The van der Waals surface area contributed by atoms with Crippen molar-refractivity contribution in [1.82, 2.24) is 5.32 Å². The Hall–Kier alpha value is -0.810. The van der Waals surface area contributed by atoms with Crippen LogP contribution in [0.5, 0.6) is 0 Å². The number of nitrogens with two attached hydrogens (primary N) is 2. The van der Waals surface area contributed by atoms with E-state index >= 15 is 0 Å². The second-order valence-corrected chi connectivity index (χ2v) is 2.35. The Morgan fingerprint density at radius 2 is 2.00 bits per heavy atom. The first-order valence-corrected chi connectivity index (χ1v) is 3.34. The van der Waals surface area contributed by atoms with E-state index in [1.807, 2.05) is 0 Å². The van der Waals surface area contributed by atoms with Crippen molar-refractivity contribution in [2.45, 2.75) is 19.4 Å². The van der Waals surface area contributed by atoms with Crippen LogP contribution in [0, 0.1) is 0 Å². The molecular weight excluding hydrogens is 182 g/mol. The molecule has 0 saturated heterocycles. The Labute approximate surface area is 77.3 Å². The molecule has 2 amide bonds. The van der Waals surface area contributed by atoms with Gasteiger partial charge in [0.25, 0.3) is 0 Å². The van der Waals surface area contributed by atoms with Crippen LogP contribution in [0.4, 0.5) is 0 Å². The summed E-state index contributed by atoms with van der Waals surface area (Å²) in [6.45, 7) is 2.10. The van der Waals surface area contributed by atoms with Gasteiger partial charge >= 0.3 is 0 Å². The molecule has 0 heterocycles. The monoisotopic (exact) mass is 195 g/mol. The molecule has 0 rings (SSSR count). The Morgan fingerprint density at radius 1 is 1.50 bits per heavy atom. The molecule has 0 aliphatic carbocycles. The molecule has 0 aliphatic heterocycles. The fourth-order valence-corrected chi connectivity index (χ4v) is 0.543. The van der Waals surface area contributed by atoms with E-state index in [1.165, 1.54) is 0 Å². The van der Waals surface area contributed by atoms with Crippen LogP contribution < -0.4 is 16.8 Å². The first-order valence-electron chi connectivity index (χ1n) is 3.34. The normalized spacial score (nSPS) is 11.2. The second-order valence-electron chi connectivity index (χ2n) is 2.35. The van der Waals surface area contributed by atoms with Gasteiger partial charge in [-0.15, -0.1) is 12.4 Å². The molecule has 0 aromatic rings. The van der Waals surface area contributed by atoms with Gasteiger partial charge in [0.1, 0.15) is 6.42 Å². The summed E-state index contributed by atoms with van der Waals surface area (Å²) in [5.41, 5.74) is 10.00. The Morgan fingerprint density at radius 3 is 2.33 bits per heavy atom. The molecule has 0 radical (unpaired) electrons. The van der Waals surface area contributed by atoms with Crippen molar-refractivity contribution in [3.63, 3.8) is 0 Å². The molecule has 12 heavy (non-hydrogen) atoms.